The molecule has 1 aliphatic rings. The molecule has 2 rings (SSSR count). The molecule has 1 aliphatic heterocycles. The maximum Gasteiger partial charge on any atom is 0.405 e. The van der Waals surface area contributed by atoms with Crippen LogP contribution in [0.15, 0.2) is 24.5 Å². The lowest BCUT2D eigenvalue weighted by atomic mass is 10.1. The van der Waals surface area contributed by atoms with Gasteiger partial charge in [-0.3, -0.25) is 14.7 Å². The predicted octanol–water partition coefficient (Wildman–Crippen LogP) is 0.706. The summed E-state index contributed by atoms with van der Waals surface area (Å²) in [6, 6.07) is 3.63. The van der Waals surface area contributed by atoms with E-state index in [1.54, 1.807) is 18.5 Å². The Bertz CT molecular complexity index is 466. The summed E-state index contributed by atoms with van der Waals surface area (Å²) in [6.45, 7) is 0.577. The largest absolute Gasteiger partial charge is 0.405 e. The Kier molecular flexibility index (Phi) is 5.13. The molecule has 1 unspecified atom stereocenters. The van der Waals surface area contributed by atoms with E-state index in [0.717, 1.165) is 5.56 Å². The lowest BCUT2D eigenvalue weighted by Crippen LogP contribution is -2.50. The summed E-state index contributed by atoms with van der Waals surface area (Å²) < 4.78 is 36.3. The van der Waals surface area contributed by atoms with Gasteiger partial charge in [0.2, 0.25) is 5.91 Å². The Labute approximate surface area is 120 Å². The van der Waals surface area contributed by atoms with Crippen LogP contribution >= 0.6 is 0 Å². The van der Waals surface area contributed by atoms with E-state index in [1.807, 2.05) is 16.3 Å². The third kappa shape index (κ3) is 4.98. The van der Waals surface area contributed by atoms with Crippen molar-refractivity contribution in [1.29, 1.82) is 0 Å². The molecule has 0 bridgehead atoms. The Morgan fingerprint density at radius 1 is 1.52 bits per heavy atom. The normalized spacial score (nSPS) is 20.2. The van der Waals surface area contributed by atoms with Crippen LogP contribution in [0.25, 0.3) is 0 Å². The molecule has 8 heteroatoms. The molecule has 0 aromatic carbocycles. The van der Waals surface area contributed by atoms with Gasteiger partial charge in [-0.1, -0.05) is 6.07 Å². The summed E-state index contributed by atoms with van der Waals surface area (Å²) in [6.07, 6.45) is -1.03. The van der Waals surface area contributed by atoms with Gasteiger partial charge in [0.05, 0.1) is 6.54 Å². The second kappa shape index (κ2) is 6.86. The fraction of sp³-hybridized carbons (Fsp3) is 0.538. The first kappa shape index (κ1) is 15.7. The Balaban J connectivity index is 1.95. The van der Waals surface area contributed by atoms with Crippen LogP contribution in [-0.4, -0.2) is 54.7 Å². The van der Waals surface area contributed by atoms with Crippen molar-refractivity contribution in [3.05, 3.63) is 30.1 Å². The molecule has 1 saturated heterocycles. The maximum atomic E-state index is 12.1. The number of alkyl halides is 3. The molecule has 2 N–H and O–H groups in total. The summed E-state index contributed by atoms with van der Waals surface area (Å²) in [5, 5.41) is 5.11. The summed E-state index contributed by atoms with van der Waals surface area (Å²) in [5.74, 6) is -0.622. The van der Waals surface area contributed by atoms with Crippen molar-refractivity contribution in [3.8, 4) is 0 Å². The standard InChI is InChI=1S/C13H17F3N4O/c14-13(15,16)9-19-12(21)8-20-5-4-18-7-11(20)10-2-1-3-17-6-10/h1-3,6,11,18H,4-5,7-9H2,(H,19,21). The molecule has 116 valence electrons. The molecule has 0 radical (unpaired) electrons. The highest BCUT2D eigenvalue weighted by molar-refractivity contribution is 5.78. The highest BCUT2D eigenvalue weighted by Gasteiger charge is 2.29. The number of piperazine rings is 1. The van der Waals surface area contributed by atoms with Crippen molar-refractivity contribution < 1.29 is 18.0 Å². The van der Waals surface area contributed by atoms with Crippen LogP contribution in [0.4, 0.5) is 13.2 Å². The van der Waals surface area contributed by atoms with Gasteiger partial charge in [0.25, 0.3) is 0 Å². The average molecular weight is 302 g/mol. The minimum atomic E-state index is -4.39. The molecular weight excluding hydrogens is 285 g/mol. The van der Waals surface area contributed by atoms with Crippen LogP contribution in [-0.2, 0) is 4.79 Å². The second-order valence-corrected chi connectivity index (χ2v) is 4.87. The smallest absolute Gasteiger partial charge is 0.346 e. The topological polar surface area (TPSA) is 57.3 Å². The highest BCUT2D eigenvalue weighted by atomic mass is 19.4. The third-order valence-electron chi connectivity index (χ3n) is 3.26. The minimum Gasteiger partial charge on any atom is -0.346 e. The van der Waals surface area contributed by atoms with Gasteiger partial charge >= 0.3 is 6.18 Å². The third-order valence-corrected chi connectivity index (χ3v) is 3.26. The molecule has 2 heterocycles. The Morgan fingerprint density at radius 2 is 2.33 bits per heavy atom. The van der Waals surface area contributed by atoms with Crippen molar-refractivity contribution in [2.24, 2.45) is 0 Å². The van der Waals surface area contributed by atoms with Crippen LogP contribution in [0.2, 0.25) is 0 Å². The summed E-state index contributed by atoms with van der Waals surface area (Å²) >= 11 is 0. The van der Waals surface area contributed by atoms with E-state index in [9.17, 15) is 18.0 Å². The summed E-state index contributed by atoms with van der Waals surface area (Å²) in [5.41, 5.74) is 0.938. The SMILES string of the molecule is O=C(CN1CCNCC1c1cccnc1)NCC(F)(F)F. The van der Waals surface area contributed by atoms with E-state index < -0.39 is 18.6 Å². The van der Waals surface area contributed by atoms with Crippen molar-refractivity contribution in [2.45, 2.75) is 12.2 Å². The summed E-state index contributed by atoms with van der Waals surface area (Å²) in [7, 11) is 0. The molecule has 1 aromatic rings. The van der Waals surface area contributed by atoms with Gasteiger partial charge < -0.3 is 10.6 Å². The lowest BCUT2D eigenvalue weighted by molar-refractivity contribution is -0.139. The number of carbonyl (C=O) groups excluding carboxylic acids is 1. The van der Waals surface area contributed by atoms with Gasteiger partial charge in [0.15, 0.2) is 0 Å². The number of aromatic nitrogens is 1. The number of rotatable bonds is 4. The first-order valence-electron chi connectivity index (χ1n) is 6.64. The van der Waals surface area contributed by atoms with E-state index in [-0.39, 0.29) is 12.6 Å². The van der Waals surface area contributed by atoms with Crippen molar-refractivity contribution >= 4 is 5.91 Å². The quantitative estimate of drug-likeness (QED) is 0.860. The first-order chi connectivity index (χ1) is 9.96. The number of pyridine rings is 1. The monoisotopic (exact) mass is 302 g/mol. The van der Waals surface area contributed by atoms with Crippen molar-refractivity contribution in [3.63, 3.8) is 0 Å². The van der Waals surface area contributed by atoms with E-state index in [1.165, 1.54) is 0 Å². The second-order valence-electron chi connectivity index (χ2n) is 4.87. The number of amides is 1. The van der Waals surface area contributed by atoms with Gasteiger partial charge in [-0.05, 0) is 11.6 Å². The molecule has 1 fully saturated rings. The number of nitrogens with zero attached hydrogens (tertiary/aromatic N) is 2. The highest BCUT2D eigenvalue weighted by Crippen LogP contribution is 2.20. The van der Waals surface area contributed by atoms with Gasteiger partial charge in [0, 0.05) is 38.1 Å². The summed E-state index contributed by atoms with van der Waals surface area (Å²) in [4.78, 5) is 17.5. The molecular formula is C13H17F3N4O. The van der Waals surface area contributed by atoms with Crippen molar-refractivity contribution in [2.75, 3.05) is 32.7 Å². The van der Waals surface area contributed by atoms with E-state index in [4.69, 9.17) is 0 Å². The number of hydrogen-bond donors (Lipinski definition) is 2. The van der Waals surface area contributed by atoms with Gasteiger partial charge in [-0.2, -0.15) is 13.2 Å². The van der Waals surface area contributed by atoms with Crippen LogP contribution in [0.1, 0.15) is 11.6 Å². The van der Waals surface area contributed by atoms with Gasteiger partial charge in [-0.15, -0.1) is 0 Å². The van der Waals surface area contributed by atoms with Gasteiger partial charge in [0.1, 0.15) is 6.54 Å². The van der Waals surface area contributed by atoms with E-state index >= 15 is 0 Å². The molecule has 0 aliphatic carbocycles. The van der Waals surface area contributed by atoms with Crippen LogP contribution < -0.4 is 10.6 Å². The van der Waals surface area contributed by atoms with Crippen LogP contribution in [0.3, 0.4) is 0 Å². The minimum absolute atomic E-state index is 0.0582. The molecule has 21 heavy (non-hydrogen) atoms. The molecule has 5 nitrogen and oxygen atoms in total. The lowest BCUT2D eigenvalue weighted by Gasteiger charge is -2.35. The zero-order valence-electron chi connectivity index (χ0n) is 11.4. The molecule has 1 aromatic heterocycles. The zero-order valence-corrected chi connectivity index (χ0v) is 11.4. The Morgan fingerprint density at radius 3 is 3.00 bits per heavy atom. The van der Waals surface area contributed by atoms with Gasteiger partial charge in [-0.25, -0.2) is 0 Å². The predicted molar refractivity (Wildman–Crippen MR) is 70.5 cm³/mol. The first-order valence-corrected chi connectivity index (χ1v) is 6.64. The van der Waals surface area contributed by atoms with Crippen LogP contribution in [0, 0.1) is 0 Å². The van der Waals surface area contributed by atoms with E-state index in [0.29, 0.717) is 19.6 Å². The average Bonchev–Trinajstić information content (AvgIpc) is 2.46. The fourth-order valence-corrected chi connectivity index (χ4v) is 2.28. The molecule has 0 saturated carbocycles. The maximum absolute atomic E-state index is 12.1. The van der Waals surface area contributed by atoms with Crippen molar-refractivity contribution in [1.82, 2.24) is 20.5 Å². The Hall–Kier alpha value is -1.67. The van der Waals surface area contributed by atoms with E-state index in [2.05, 4.69) is 10.3 Å². The molecule has 0 spiro atoms. The number of hydrogen-bond acceptors (Lipinski definition) is 4. The van der Waals surface area contributed by atoms with Crippen LogP contribution in [0.5, 0.6) is 0 Å². The number of carbonyl (C=O) groups is 1. The molecule has 1 atom stereocenters. The molecule has 1 amide bonds. The number of halogens is 3. The number of nitrogens with one attached hydrogen (secondary N) is 2. The fourth-order valence-electron chi connectivity index (χ4n) is 2.28. The zero-order chi connectivity index (χ0) is 15.3.